The summed E-state index contributed by atoms with van der Waals surface area (Å²) in [6.45, 7) is 12.4. The molecule has 3 amide bonds. The molecule has 0 spiro atoms. The van der Waals surface area contributed by atoms with Crippen LogP contribution in [0.2, 0.25) is 0 Å². The molecule has 3 aromatic rings. The number of fused-ring (bicyclic) bond motifs is 1. The Morgan fingerprint density at radius 1 is 0.761 bits per heavy atom. The van der Waals surface area contributed by atoms with Crippen LogP contribution in [-0.2, 0) is 19.1 Å². The minimum absolute atomic E-state index is 0.184. The van der Waals surface area contributed by atoms with Crippen molar-refractivity contribution in [1.29, 1.82) is 0 Å². The maximum atomic E-state index is 13.3. The highest BCUT2D eigenvalue weighted by Gasteiger charge is 2.47. The molecule has 4 rings (SSSR count). The Morgan fingerprint density at radius 2 is 1.35 bits per heavy atom. The van der Waals surface area contributed by atoms with Crippen LogP contribution in [0.15, 0.2) is 66.9 Å². The van der Waals surface area contributed by atoms with Gasteiger partial charge in [0.25, 0.3) is 11.8 Å². The lowest BCUT2D eigenvalue weighted by Gasteiger charge is -2.32. The second-order valence-corrected chi connectivity index (χ2v) is 12.9. The Hall–Kier alpha value is -4.97. The van der Waals surface area contributed by atoms with Crippen LogP contribution in [0.4, 0.5) is 10.6 Å². The number of carbonyl (C=O) groups is 4. The third kappa shape index (κ3) is 8.81. The first kappa shape index (κ1) is 33.9. The van der Waals surface area contributed by atoms with E-state index in [9.17, 15) is 19.2 Å². The molecule has 0 unspecified atom stereocenters. The number of aromatic nitrogens is 1. The third-order valence-electron chi connectivity index (χ3n) is 6.44. The Labute approximate surface area is 268 Å². The van der Waals surface area contributed by atoms with E-state index in [0.29, 0.717) is 29.7 Å². The second kappa shape index (κ2) is 13.6. The van der Waals surface area contributed by atoms with Gasteiger partial charge in [-0.15, -0.1) is 5.06 Å². The van der Waals surface area contributed by atoms with E-state index in [4.69, 9.17) is 19.0 Å². The number of imide groups is 1. The fourth-order valence-corrected chi connectivity index (χ4v) is 4.26. The van der Waals surface area contributed by atoms with E-state index in [-0.39, 0.29) is 17.7 Å². The van der Waals surface area contributed by atoms with Gasteiger partial charge in [0.1, 0.15) is 29.4 Å². The normalized spacial score (nSPS) is 14.3. The lowest BCUT2D eigenvalue weighted by molar-refractivity contribution is -0.221. The van der Waals surface area contributed by atoms with Crippen molar-refractivity contribution in [2.45, 2.75) is 65.3 Å². The summed E-state index contributed by atoms with van der Waals surface area (Å²) in [4.78, 5) is 61.2. The summed E-state index contributed by atoms with van der Waals surface area (Å²) in [5.41, 5.74) is -1.16. The lowest BCUT2D eigenvalue weighted by atomic mass is 10.1. The molecule has 46 heavy (non-hydrogen) atoms. The molecule has 12 heteroatoms. The predicted octanol–water partition coefficient (Wildman–Crippen LogP) is 5.39. The highest BCUT2D eigenvalue weighted by atomic mass is 16.7. The molecular weight excluding hydrogens is 592 g/mol. The van der Waals surface area contributed by atoms with Crippen molar-refractivity contribution in [2.75, 3.05) is 25.0 Å². The van der Waals surface area contributed by atoms with E-state index >= 15 is 0 Å². The quantitative estimate of drug-likeness (QED) is 0.160. The molecule has 0 saturated carbocycles. The average molecular weight is 633 g/mol. The first-order valence-corrected chi connectivity index (χ1v) is 14.9. The van der Waals surface area contributed by atoms with Crippen LogP contribution in [0, 0.1) is 0 Å². The molecule has 244 valence electrons. The van der Waals surface area contributed by atoms with Crippen LogP contribution >= 0.6 is 0 Å². The van der Waals surface area contributed by atoms with Gasteiger partial charge in [-0.1, -0.05) is 24.3 Å². The van der Waals surface area contributed by atoms with Gasteiger partial charge in [0.15, 0.2) is 0 Å². The van der Waals surface area contributed by atoms with E-state index < -0.39 is 40.7 Å². The van der Waals surface area contributed by atoms with Crippen LogP contribution in [0.25, 0.3) is 11.1 Å². The van der Waals surface area contributed by atoms with Crippen LogP contribution in [0.1, 0.15) is 69.2 Å². The average Bonchev–Trinajstić information content (AvgIpc) is 3.22. The van der Waals surface area contributed by atoms with Gasteiger partial charge in [0.05, 0.1) is 11.1 Å². The first-order valence-electron chi connectivity index (χ1n) is 14.9. The van der Waals surface area contributed by atoms with E-state index in [1.165, 1.54) is 19.1 Å². The zero-order valence-corrected chi connectivity index (χ0v) is 27.1. The minimum atomic E-state index is -1.84. The van der Waals surface area contributed by atoms with Crippen molar-refractivity contribution in [3.05, 3.63) is 78.0 Å². The highest BCUT2D eigenvalue weighted by molar-refractivity contribution is 6.20. The summed E-state index contributed by atoms with van der Waals surface area (Å²) in [6.07, 6.45) is 1.24. The smallest absolute Gasteiger partial charge is 0.407 e. The first-order chi connectivity index (χ1) is 21.5. The van der Waals surface area contributed by atoms with Gasteiger partial charge in [0, 0.05) is 24.8 Å². The molecule has 0 saturated heterocycles. The third-order valence-corrected chi connectivity index (χ3v) is 6.44. The van der Waals surface area contributed by atoms with Crippen molar-refractivity contribution in [3.8, 4) is 16.9 Å². The summed E-state index contributed by atoms with van der Waals surface area (Å²) in [5.74, 6) is -1.07. The van der Waals surface area contributed by atoms with Crippen LogP contribution in [-0.4, -0.2) is 70.4 Å². The minimum Gasteiger partial charge on any atom is -0.490 e. The molecule has 0 aliphatic carbocycles. The number of nitrogens with one attached hydrogen (secondary N) is 2. The molecule has 2 N–H and O–H groups in total. The number of esters is 1. The molecule has 12 nitrogen and oxygen atoms in total. The number of pyridine rings is 1. The molecule has 1 aliphatic heterocycles. The molecule has 1 aliphatic rings. The fraction of sp³-hybridized carbons (Fsp3) is 0.382. The number of alkyl carbamates (subject to hydrolysis) is 1. The van der Waals surface area contributed by atoms with Crippen molar-refractivity contribution in [2.24, 2.45) is 0 Å². The molecule has 1 atom stereocenters. The maximum Gasteiger partial charge on any atom is 0.407 e. The van der Waals surface area contributed by atoms with E-state index in [0.717, 1.165) is 11.1 Å². The Bertz CT molecular complexity index is 1540. The number of hydrogen-bond acceptors (Lipinski definition) is 10. The highest BCUT2D eigenvalue weighted by Crippen LogP contribution is 2.29. The number of ether oxygens (including phenoxy) is 3. The van der Waals surface area contributed by atoms with E-state index in [2.05, 4.69) is 15.6 Å². The summed E-state index contributed by atoms with van der Waals surface area (Å²) in [5, 5.41) is 6.42. The Kier molecular flexibility index (Phi) is 10.0. The van der Waals surface area contributed by atoms with Crippen molar-refractivity contribution in [1.82, 2.24) is 15.4 Å². The van der Waals surface area contributed by atoms with E-state index in [1.807, 2.05) is 24.3 Å². The van der Waals surface area contributed by atoms with Crippen LogP contribution in [0.5, 0.6) is 5.75 Å². The molecule has 0 radical (unpaired) electrons. The van der Waals surface area contributed by atoms with Gasteiger partial charge in [-0.25, -0.2) is 19.4 Å². The number of hydroxylamine groups is 2. The molecule has 0 bridgehead atoms. The number of carbonyl (C=O) groups excluding carboxylic acids is 4. The maximum absolute atomic E-state index is 13.3. The van der Waals surface area contributed by atoms with Gasteiger partial charge in [0.2, 0.25) is 5.60 Å². The largest absolute Gasteiger partial charge is 0.490 e. The van der Waals surface area contributed by atoms with Crippen molar-refractivity contribution < 1.29 is 38.2 Å². The standard InChI is InChI=1S/C34H40N4O8/c1-32(2,3)44-30(41)34(7,46-38-28(39)25-10-8-9-11-26(25)29(38)40)21-43-24-15-12-22(13-16-24)23-14-17-27(37-20-23)35-18-19-36-31(42)45-33(4,5)6/h8-17,20H,18-19,21H2,1-7H3,(H,35,37)(H,36,42)/t34-/m0/s1. The molecule has 2 heterocycles. The SMILES string of the molecule is CC(C)(C)OC(=O)NCCNc1ccc(-c2ccc(OC[C@](C)(ON3C(=O)c4ccccc4C3=O)C(=O)OC(C)(C)C)cc2)cn1. The predicted molar refractivity (Wildman–Crippen MR) is 170 cm³/mol. The van der Waals surface area contributed by atoms with Gasteiger partial charge < -0.3 is 24.8 Å². The fourth-order valence-electron chi connectivity index (χ4n) is 4.26. The van der Waals surface area contributed by atoms with Gasteiger partial charge in [-0.3, -0.25) is 9.59 Å². The number of hydrogen-bond donors (Lipinski definition) is 2. The zero-order chi connectivity index (χ0) is 33.7. The summed E-state index contributed by atoms with van der Waals surface area (Å²) >= 11 is 0. The van der Waals surface area contributed by atoms with Gasteiger partial charge in [-0.05, 0) is 90.4 Å². The Morgan fingerprint density at radius 3 is 1.89 bits per heavy atom. The number of anilines is 1. The lowest BCUT2D eigenvalue weighted by Crippen LogP contribution is -2.52. The molecular formula is C34H40N4O8. The van der Waals surface area contributed by atoms with Crippen LogP contribution < -0.4 is 15.4 Å². The monoisotopic (exact) mass is 632 g/mol. The number of rotatable bonds is 11. The second-order valence-electron chi connectivity index (χ2n) is 12.9. The number of benzene rings is 2. The van der Waals surface area contributed by atoms with Crippen molar-refractivity contribution in [3.63, 3.8) is 0 Å². The summed E-state index contributed by atoms with van der Waals surface area (Å²) in [7, 11) is 0. The summed E-state index contributed by atoms with van der Waals surface area (Å²) < 4.78 is 16.7. The number of amides is 3. The number of nitrogens with zero attached hydrogens (tertiary/aromatic N) is 2. The summed E-state index contributed by atoms with van der Waals surface area (Å²) in [6, 6.07) is 17.2. The van der Waals surface area contributed by atoms with Crippen molar-refractivity contribution >= 4 is 29.7 Å². The topological polar surface area (TPSA) is 145 Å². The Balaban J connectivity index is 1.37. The van der Waals surface area contributed by atoms with Gasteiger partial charge >= 0.3 is 12.1 Å². The molecule has 2 aromatic carbocycles. The van der Waals surface area contributed by atoms with Crippen LogP contribution in [0.3, 0.4) is 0 Å². The van der Waals surface area contributed by atoms with Gasteiger partial charge in [-0.2, -0.15) is 0 Å². The zero-order valence-electron chi connectivity index (χ0n) is 27.1. The molecule has 0 fully saturated rings. The molecule has 1 aromatic heterocycles. The van der Waals surface area contributed by atoms with E-state index in [1.54, 1.807) is 72.0 Å².